The predicted molar refractivity (Wildman–Crippen MR) is 111 cm³/mol. The molecule has 2 aromatic rings. The number of halogens is 1. The highest BCUT2D eigenvalue weighted by atomic mass is 127. The van der Waals surface area contributed by atoms with Crippen LogP contribution in [-0.2, 0) is 9.59 Å². The minimum atomic E-state index is -0.476. The number of carbonyl (C=O) groups is 2. The zero-order chi connectivity index (χ0) is 18.1. The second kappa shape index (κ2) is 7.05. The average molecular weight is 462 g/mol. The van der Waals surface area contributed by atoms with E-state index in [0.29, 0.717) is 5.69 Å². The van der Waals surface area contributed by atoms with Gasteiger partial charge in [-0.1, -0.05) is 30.3 Å². The summed E-state index contributed by atoms with van der Waals surface area (Å²) in [5.74, 6) is -0.890. The van der Waals surface area contributed by atoms with Crippen LogP contribution >= 0.6 is 34.8 Å². The van der Waals surface area contributed by atoms with Gasteiger partial charge in [0.25, 0.3) is 11.8 Å². The van der Waals surface area contributed by atoms with Crippen LogP contribution in [0.25, 0.3) is 6.08 Å². The lowest BCUT2D eigenvalue weighted by atomic mass is 10.0. The summed E-state index contributed by atoms with van der Waals surface area (Å²) in [6.45, 7) is 3.90. The first kappa shape index (κ1) is 17.8. The van der Waals surface area contributed by atoms with E-state index in [1.165, 1.54) is 4.90 Å². The highest BCUT2D eigenvalue weighted by Gasteiger charge is 2.35. The SMILES string of the molecule is Cc1cccc(N2C(=O)/C(=C/c3ccccc3I)C(=O)NC2=S)c1C. The summed E-state index contributed by atoms with van der Waals surface area (Å²) in [4.78, 5) is 26.8. The summed E-state index contributed by atoms with van der Waals surface area (Å²) in [5.41, 5.74) is 3.56. The highest BCUT2D eigenvalue weighted by molar-refractivity contribution is 14.1. The van der Waals surface area contributed by atoms with Gasteiger partial charge in [-0.05, 0) is 83.6 Å². The van der Waals surface area contributed by atoms with E-state index in [-0.39, 0.29) is 10.7 Å². The molecule has 3 rings (SSSR count). The lowest BCUT2D eigenvalue weighted by molar-refractivity contribution is -0.122. The van der Waals surface area contributed by atoms with E-state index in [1.54, 1.807) is 6.08 Å². The van der Waals surface area contributed by atoms with Crippen LogP contribution in [0, 0.1) is 17.4 Å². The first-order valence-corrected chi connectivity index (χ1v) is 9.11. The number of nitrogens with one attached hydrogen (secondary N) is 1. The number of nitrogens with zero attached hydrogens (tertiary/aromatic N) is 1. The number of carbonyl (C=O) groups excluding carboxylic acids is 2. The van der Waals surface area contributed by atoms with Crippen molar-refractivity contribution in [2.24, 2.45) is 0 Å². The van der Waals surface area contributed by atoms with E-state index in [1.807, 2.05) is 56.3 Å². The molecule has 0 radical (unpaired) electrons. The smallest absolute Gasteiger partial charge is 0.270 e. The maximum Gasteiger partial charge on any atom is 0.270 e. The number of amides is 2. The van der Waals surface area contributed by atoms with Crippen molar-refractivity contribution < 1.29 is 9.59 Å². The summed E-state index contributed by atoms with van der Waals surface area (Å²) in [6.07, 6.45) is 1.61. The third kappa shape index (κ3) is 3.36. The molecule has 1 N–H and O–H groups in total. The summed E-state index contributed by atoms with van der Waals surface area (Å²) in [7, 11) is 0. The maximum absolute atomic E-state index is 13.0. The van der Waals surface area contributed by atoms with Crippen LogP contribution in [0.1, 0.15) is 16.7 Å². The zero-order valence-corrected chi connectivity index (χ0v) is 16.6. The topological polar surface area (TPSA) is 49.4 Å². The fraction of sp³-hybridized carbons (Fsp3) is 0.105. The Morgan fingerprint density at radius 1 is 1.08 bits per heavy atom. The van der Waals surface area contributed by atoms with E-state index in [4.69, 9.17) is 12.2 Å². The predicted octanol–water partition coefficient (Wildman–Crippen LogP) is 3.74. The fourth-order valence-corrected chi connectivity index (χ4v) is 3.42. The van der Waals surface area contributed by atoms with Crippen molar-refractivity contribution >= 4 is 63.5 Å². The maximum atomic E-state index is 13.0. The molecule has 126 valence electrons. The van der Waals surface area contributed by atoms with Crippen LogP contribution in [-0.4, -0.2) is 16.9 Å². The summed E-state index contributed by atoms with van der Waals surface area (Å²) >= 11 is 7.43. The standard InChI is InChI=1S/C19H15IN2O2S/c1-11-6-5-9-16(12(11)2)22-18(24)14(17(23)21-19(22)25)10-13-7-3-4-8-15(13)20/h3-10H,1-2H3,(H,21,23,25)/b14-10+. The second-order valence-electron chi connectivity index (χ2n) is 5.70. The van der Waals surface area contributed by atoms with E-state index in [9.17, 15) is 9.59 Å². The minimum absolute atomic E-state index is 0.0682. The summed E-state index contributed by atoms with van der Waals surface area (Å²) in [5, 5.41) is 2.72. The van der Waals surface area contributed by atoms with Crippen molar-refractivity contribution in [3.63, 3.8) is 0 Å². The Balaban J connectivity index is 2.09. The van der Waals surface area contributed by atoms with Gasteiger partial charge in [0.05, 0.1) is 5.69 Å². The Kier molecular flexibility index (Phi) is 5.01. The van der Waals surface area contributed by atoms with Crippen LogP contribution in [0.2, 0.25) is 0 Å². The Bertz CT molecular complexity index is 937. The van der Waals surface area contributed by atoms with E-state index < -0.39 is 11.8 Å². The molecule has 0 bridgehead atoms. The normalized spacial score (nSPS) is 16.4. The van der Waals surface area contributed by atoms with Crippen LogP contribution in [0.3, 0.4) is 0 Å². The number of hydrogen-bond acceptors (Lipinski definition) is 3. The van der Waals surface area contributed by atoms with Gasteiger partial charge >= 0.3 is 0 Å². The molecule has 25 heavy (non-hydrogen) atoms. The first-order valence-electron chi connectivity index (χ1n) is 7.62. The molecular weight excluding hydrogens is 447 g/mol. The van der Waals surface area contributed by atoms with E-state index in [0.717, 1.165) is 20.3 Å². The number of anilines is 1. The molecule has 0 unspecified atom stereocenters. The molecule has 1 saturated heterocycles. The molecule has 0 spiro atoms. The van der Waals surface area contributed by atoms with Crippen molar-refractivity contribution in [3.8, 4) is 0 Å². The van der Waals surface area contributed by atoms with Crippen molar-refractivity contribution in [2.45, 2.75) is 13.8 Å². The molecule has 2 amide bonds. The lowest BCUT2D eigenvalue weighted by Gasteiger charge is -2.30. The molecule has 1 fully saturated rings. The molecule has 0 atom stereocenters. The van der Waals surface area contributed by atoms with Gasteiger partial charge in [-0.25, -0.2) is 0 Å². The molecule has 1 aliphatic heterocycles. The third-order valence-electron chi connectivity index (χ3n) is 4.12. The Labute approximate surface area is 165 Å². The lowest BCUT2D eigenvalue weighted by Crippen LogP contribution is -2.54. The molecule has 0 aromatic heterocycles. The van der Waals surface area contributed by atoms with Crippen LogP contribution < -0.4 is 10.2 Å². The monoisotopic (exact) mass is 462 g/mol. The van der Waals surface area contributed by atoms with Crippen molar-refractivity contribution in [3.05, 3.63) is 68.3 Å². The molecule has 4 nitrogen and oxygen atoms in total. The average Bonchev–Trinajstić information content (AvgIpc) is 2.56. The number of benzene rings is 2. The first-order chi connectivity index (χ1) is 11.9. The van der Waals surface area contributed by atoms with Gasteiger partial charge in [-0.15, -0.1) is 0 Å². The quantitative estimate of drug-likeness (QED) is 0.320. The van der Waals surface area contributed by atoms with Crippen LogP contribution in [0.4, 0.5) is 5.69 Å². The number of hydrogen-bond donors (Lipinski definition) is 1. The molecule has 1 heterocycles. The van der Waals surface area contributed by atoms with E-state index in [2.05, 4.69) is 27.9 Å². The van der Waals surface area contributed by atoms with Gasteiger partial charge in [0.2, 0.25) is 0 Å². The molecular formula is C19H15IN2O2S. The molecule has 6 heteroatoms. The number of thiocarbonyl (C=S) groups is 1. The zero-order valence-electron chi connectivity index (χ0n) is 13.7. The van der Waals surface area contributed by atoms with Gasteiger partial charge in [0.1, 0.15) is 5.57 Å². The van der Waals surface area contributed by atoms with Gasteiger partial charge in [0, 0.05) is 3.57 Å². The third-order valence-corrected chi connectivity index (χ3v) is 5.39. The largest absolute Gasteiger partial charge is 0.298 e. The van der Waals surface area contributed by atoms with Gasteiger partial charge in [-0.3, -0.25) is 19.8 Å². The Hall–Kier alpha value is -2.06. The molecule has 1 aliphatic rings. The molecule has 0 saturated carbocycles. The number of rotatable bonds is 2. The number of aryl methyl sites for hydroxylation is 1. The molecule has 0 aliphatic carbocycles. The highest BCUT2D eigenvalue weighted by Crippen LogP contribution is 2.27. The Morgan fingerprint density at radius 2 is 1.80 bits per heavy atom. The Morgan fingerprint density at radius 3 is 2.52 bits per heavy atom. The molecule has 2 aromatic carbocycles. The van der Waals surface area contributed by atoms with Gasteiger partial charge in [-0.2, -0.15) is 0 Å². The van der Waals surface area contributed by atoms with Gasteiger partial charge in [0.15, 0.2) is 5.11 Å². The summed E-state index contributed by atoms with van der Waals surface area (Å²) < 4.78 is 0.958. The summed E-state index contributed by atoms with van der Waals surface area (Å²) in [6, 6.07) is 13.2. The minimum Gasteiger partial charge on any atom is -0.298 e. The van der Waals surface area contributed by atoms with Crippen molar-refractivity contribution in [1.29, 1.82) is 0 Å². The van der Waals surface area contributed by atoms with Crippen molar-refractivity contribution in [1.82, 2.24) is 5.32 Å². The van der Waals surface area contributed by atoms with Crippen LogP contribution in [0.5, 0.6) is 0 Å². The van der Waals surface area contributed by atoms with Crippen LogP contribution in [0.15, 0.2) is 48.0 Å². The van der Waals surface area contributed by atoms with E-state index >= 15 is 0 Å². The second-order valence-corrected chi connectivity index (χ2v) is 7.25. The fourth-order valence-electron chi connectivity index (χ4n) is 2.60. The van der Waals surface area contributed by atoms with Crippen molar-refractivity contribution in [2.75, 3.05) is 4.90 Å². The van der Waals surface area contributed by atoms with Gasteiger partial charge < -0.3 is 0 Å².